The van der Waals surface area contributed by atoms with Gasteiger partial charge in [0.1, 0.15) is 5.75 Å². The summed E-state index contributed by atoms with van der Waals surface area (Å²) < 4.78 is 5.55. The van der Waals surface area contributed by atoms with Gasteiger partial charge in [-0.3, -0.25) is 4.98 Å². The number of rotatable bonds is 4. The first kappa shape index (κ1) is 13.6. The predicted molar refractivity (Wildman–Crippen MR) is 77.6 cm³/mol. The van der Waals surface area contributed by atoms with Crippen LogP contribution in [-0.2, 0) is 0 Å². The van der Waals surface area contributed by atoms with Crippen LogP contribution in [-0.4, -0.2) is 19.1 Å². The summed E-state index contributed by atoms with van der Waals surface area (Å²) >= 11 is 0. The molecule has 19 heavy (non-hydrogen) atoms. The minimum Gasteiger partial charge on any atom is -0.496 e. The van der Waals surface area contributed by atoms with E-state index in [0.29, 0.717) is 0 Å². The van der Waals surface area contributed by atoms with Gasteiger partial charge in [0.05, 0.1) is 13.2 Å². The number of benzene rings is 1. The molecule has 0 aliphatic carbocycles. The molecule has 0 saturated carbocycles. The van der Waals surface area contributed by atoms with Crippen molar-refractivity contribution in [3.63, 3.8) is 0 Å². The molecule has 0 amide bonds. The SMILES string of the molecule is CNC(c1cccnc1)c1c(C)cc(C)cc1OC. The molecule has 2 rings (SSSR count). The Bertz CT molecular complexity index is 552. The molecule has 1 atom stereocenters. The van der Waals surface area contributed by atoms with Crippen molar-refractivity contribution in [1.82, 2.24) is 10.3 Å². The van der Waals surface area contributed by atoms with Gasteiger partial charge in [0, 0.05) is 18.0 Å². The van der Waals surface area contributed by atoms with E-state index in [9.17, 15) is 0 Å². The Kier molecular flexibility index (Phi) is 4.17. The van der Waals surface area contributed by atoms with Crippen molar-refractivity contribution in [3.8, 4) is 5.75 Å². The topological polar surface area (TPSA) is 34.2 Å². The lowest BCUT2D eigenvalue weighted by Gasteiger charge is -2.22. The monoisotopic (exact) mass is 256 g/mol. The number of nitrogens with one attached hydrogen (secondary N) is 1. The first-order valence-electron chi connectivity index (χ1n) is 6.39. The normalized spacial score (nSPS) is 12.2. The highest BCUT2D eigenvalue weighted by molar-refractivity contribution is 5.48. The summed E-state index contributed by atoms with van der Waals surface area (Å²) in [6.45, 7) is 4.20. The highest BCUT2D eigenvalue weighted by atomic mass is 16.5. The van der Waals surface area contributed by atoms with Crippen LogP contribution in [0.4, 0.5) is 0 Å². The summed E-state index contributed by atoms with van der Waals surface area (Å²) in [6, 6.07) is 8.37. The second-order valence-electron chi connectivity index (χ2n) is 4.71. The summed E-state index contributed by atoms with van der Waals surface area (Å²) in [6.07, 6.45) is 3.68. The van der Waals surface area contributed by atoms with Crippen LogP contribution in [0.1, 0.15) is 28.3 Å². The van der Waals surface area contributed by atoms with E-state index in [0.717, 1.165) is 11.3 Å². The number of aryl methyl sites for hydroxylation is 2. The summed E-state index contributed by atoms with van der Waals surface area (Å²) in [5.41, 5.74) is 4.73. The maximum atomic E-state index is 5.55. The molecule has 0 saturated heterocycles. The van der Waals surface area contributed by atoms with E-state index in [1.54, 1.807) is 13.3 Å². The Morgan fingerprint density at radius 2 is 2.05 bits per heavy atom. The molecule has 100 valence electrons. The van der Waals surface area contributed by atoms with Gasteiger partial charge >= 0.3 is 0 Å². The van der Waals surface area contributed by atoms with Crippen LogP contribution in [0.3, 0.4) is 0 Å². The summed E-state index contributed by atoms with van der Waals surface area (Å²) in [4.78, 5) is 4.20. The maximum Gasteiger partial charge on any atom is 0.124 e. The molecule has 3 heteroatoms. The van der Waals surface area contributed by atoms with Crippen molar-refractivity contribution in [2.75, 3.05) is 14.2 Å². The average molecular weight is 256 g/mol. The number of aromatic nitrogens is 1. The standard InChI is InChI=1S/C16H20N2O/c1-11-8-12(2)15(14(9-11)19-4)16(17-3)13-6-5-7-18-10-13/h5-10,16-17H,1-4H3. The molecular formula is C16H20N2O. The van der Waals surface area contributed by atoms with Crippen LogP contribution in [0.25, 0.3) is 0 Å². The van der Waals surface area contributed by atoms with Crippen LogP contribution < -0.4 is 10.1 Å². The molecule has 1 aromatic heterocycles. The quantitative estimate of drug-likeness (QED) is 0.913. The number of methoxy groups -OCH3 is 1. The van der Waals surface area contributed by atoms with Gasteiger partial charge in [-0.25, -0.2) is 0 Å². The minimum atomic E-state index is 0.0873. The molecular weight excluding hydrogens is 236 g/mol. The third-order valence-corrected chi connectivity index (χ3v) is 3.31. The molecule has 0 aliphatic heterocycles. The highest BCUT2D eigenvalue weighted by Gasteiger charge is 2.19. The molecule has 0 fully saturated rings. The molecule has 1 N–H and O–H groups in total. The van der Waals surface area contributed by atoms with Gasteiger partial charge < -0.3 is 10.1 Å². The van der Waals surface area contributed by atoms with Gasteiger partial charge in [-0.05, 0) is 49.7 Å². The third-order valence-electron chi connectivity index (χ3n) is 3.31. The molecule has 0 bridgehead atoms. The fraction of sp³-hybridized carbons (Fsp3) is 0.312. The van der Waals surface area contributed by atoms with Gasteiger partial charge in [-0.1, -0.05) is 12.1 Å². The molecule has 0 aliphatic rings. The fourth-order valence-electron chi connectivity index (χ4n) is 2.50. The first-order chi connectivity index (χ1) is 9.17. The Morgan fingerprint density at radius 3 is 2.63 bits per heavy atom. The van der Waals surface area contributed by atoms with Crippen molar-refractivity contribution in [2.45, 2.75) is 19.9 Å². The molecule has 1 aromatic carbocycles. The van der Waals surface area contributed by atoms with E-state index in [2.05, 4.69) is 42.3 Å². The Hall–Kier alpha value is -1.87. The van der Waals surface area contributed by atoms with E-state index in [4.69, 9.17) is 4.74 Å². The number of pyridine rings is 1. The lowest BCUT2D eigenvalue weighted by Crippen LogP contribution is -2.19. The van der Waals surface area contributed by atoms with E-state index in [1.165, 1.54) is 16.7 Å². The van der Waals surface area contributed by atoms with Crippen LogP contribution in [0.15, 0.2) is 36.7 Å². The van der Waals surface area contributed by atoms with Crippen LogP contribution in [0, 0.1) is 13.8 Å². The van der Waals surface area contributed by atoms with Crippen molar-refractivity contribution in [2.24, 2.45) is 0 Å². The van der Waals surface area contributed by atoms with Crippen LogP contribution >= 0.6 is 0 Å². The van der Waals surface area contributed by atoms with Crippen molar-refractivity contribution < 1.29 is 4.74 Å². The van der Waals surface area contributed by atoms with Gasteiger partial charge in [-0.2, -0.15) is 0 Å². The summed E-state index contributed by atoms with van der Waals surface area (Å²) in [5, 5.41) is 3.35. The Labute approximate surface area is 114 Å². The lowest BCUT2D eigenvalue weighted by atomic mass is 9.93. The molecule has 2 aromatic rings. The molecule has 0 spiro atoms. The largest absolute Gasteiger partial charge is 0.496 e. The zero-order valence-electron chi connectivity index (χ0n) is 11.9. The molecule has 1 unspecified atom stereocenters. The predicted octanol–water partition coefficient (Wildman–Crippen LogP) is 3.02. The second-order valence-corrected chi connectivity index (χ2v) is 4.71. The fourth-order valence-corrected chi connectivity index (χ4v) is 2.50. The van der Waals surface area contributed by atoms with Crippen molar-refractivity contribution >= 4 is 0 Å². The van der Waals surface area contributed by atoms with Crippen LogP contribution in [0.2, 0.25) is 0 Å². The maximum absolute atomic E-state index is 5.55. The number of ether oxygens (including phenoxy) is 1. The molecule has 1 heterocycles. The van der Waals surface area contributed by atoms with E-state index in [-0.39, 0.29) is 6.04 Å². The number of nitrogens with zero attached hydrogens (tertiary/aromatic N) is 1. The molecule has 3 nitrogen and oxygen atoms in total. The summed E-state index contributed by atoms with van der Waals surface area (Å²) in [5.74, 6) is 0.917. The Balaban J connectivity index is 2.55. The number of hydrogen-bond donors (Lipinski definition) is 1. The third kappa shape index (κ3) is 2.76. The van der Waals surface area contributed by atoms with Crippen molar-refractivity contribution in [1.29, 1.82) is 0 Å². The van der Waals surface area contributed by atoms with Gasteiger partial charge in [0.15, 0.2) is 0 Å². The molecule has 0 radical (unpaired) electrons. The van der Waals surface area contributed by atoms with Gasteiger partial charge in [0.25, 0.3) is 0 Å². The average Bonchev–Trinajstić information content (AvgIpc) is 2.42. The van der Waals surface area contributed by atoms with E-state index < -0.39 is 0 Å². The Morgan fingerprint density at radius 1 is 1.26 bits per heavy atom. The van der Waals surface area contributed by atoms with Crippen molar-refractivity contribution in [3.05, 3.63) is 58.9 Å². The summed E-state index contributed by atoms with van der Waals surface area (Å²) in [7, 11) is 3.67. The highest BCUT2D eigenvalue weighted by Crippen LogP contribution is 2.33. The zero-order chi connectivity index (χ0) is 13.8. The lowest BCUT2D eigenvalue weighted by molar-refractivity contribution is 0.404. The van der Waals surface area contributed by atoms with E-state index in [1.807, 2.05) is 19.3 Å². The zero-order valence-corrected chi connectivity index (χ0v) is 11.9. The van der Waals surface area contributed by atoms with Gasteiger partial charge in [0.2, 0.25) is 0 Å². The van der Waals surface area contributed by atoms with Crippen LogP contribution in [0.5, 0.6) is 5.75 Å². The second kappa shape index (κ2) is 5.85. The smallest absolute Gasteiger partial charge is 0.124 e. The minimum absolute atomic E-state index is 0.0873. The van der Waals surface area contributed by atoms with Gasteiger partial charge in [-0.15, -0.1) is 0 Å². The number of hydrogen-bond acceptors (Lipinski definition) is 3. The van der Waals surface area contributed by atoms with E-state index >= 15 is 0 Å². The first-order valence-corrected chi connectivity index (χ1v) is 6.39.